The van der Waals surface area contributed by atoms with Crippen LogP contribution in [0.4, 0.5) is 11.4 Å². The molecule has 0 saturated carbocycles. The van der Waals surface area contributed by atoms with Crippen LogP contribution in [0.1, 0.15) is 31.4 Å². The maximum atomic E-state index is 12.2. The molecule has 0 aliphatic carbocycles. The largest absolute Gasteiger partial charge is 0.459 e. The first-order valence-corrected chi connectivity index (χ1v) is 8.23. The summed E-state index contributed by atoms with van der Waals surface area (Å²) in [7, 11) is 0. The summed E-state index contributed by atoms with van der Waals surface area (Å²) in [5.41, 5.74) is 3.15. The van der Waals surface area contributed by atoms with Gasteiger partial charge >= 0.3 is 0 Å². The highest BCUT2D eigenvalue weighted by molar-refractivity contribution is 7.12. The summed E-state index contributed by atoms with van der Waals surface area (Å²) in [5, 5.41) is 7.55. The van der Waals surface area contributed by atoms with E-state index in [1.165, 1.54) is 17.6 Å². The van der Waals surface area contributed by atoms with Crippen molar-refractivity contribution in [3.63, 3.8) is 0 Å². The molecule has 0 bridgehead atoms. The van der Waals surface area contributed by atoms with Crippen molar-refractivity contribution >= 4 is 34.5 Å². The van der Waals surface area contributed by atoms with Crippen LogP contribution < -0.4 is 10.6 Å². The number of carbonyl (C=O) groups is 2. The summed E-state index contributed by atoms with van der Waals surface area (Å²) in [4.78, 5) is 24.9. The van der Waals surface area contributed by atoms with Crippen molar-refractivity contribution in [3.8, 4) is 0 Å². The number of anilines is 2. The van der Waals surface area contributed by atoms with Crippen LogP contribution in [0, 0.1) is 13.8 Å². The quantitative estimate of drug-likeness (QED) is 0.736. The monoisotopic (exact) mass is 340 g/mol. The van der Waals surface area contributed by atoms with Gasteiger partial charge in [0, 0.05) is 11.4 Å². The number of rotatable bonds is 4. The van der Waals surface area contributed by atoms with Gasteiger partial charge < -0.3 is 15.1 Å². The molecule has 0 unspecified atom stereocenters. The van der Waals surface area contributed by atoms with Gasteiger partial charge in [-0.1, -0.05) is 0 Å². The lowest BCUT2D eigenvalue weighted by atomic mass is 10.1. The molecule has 0 aliphatic heterocycles. The van der Waals surface area contributed by atoms with Gasteiger partial charge in [0.15, 0.2) is 5.76 Å². The summed E-state index contributed by atoms with van der Waals surface area (Å²) in [6.45, 7) is 3.77. The smallest absolute Gasteiger partial charge is 0.291 e. The van der Waals surface area contributed by atoms with Crippen molar-refractivity contribution in [1.82, 2.24) is 0 Å². The van der Waals surface area contributed by atoms with Gasteiger partial charge in [-0.3, -0.25) is 9.59 Å². The Labute approximate surface area is 143 Å². The molecule has 2 aromatic heterocycles. The molecule has 24 heavy (non-hydrogen) atoms. The van der Waals surface area contributed by atoms with Crippen molar-refractivity contribution in [3.05, 3.63) is 69.8 Å². The summed E-state index contributed by atoms with van der Waals surface area (Å²) in [6.07, 6.45) is 1.45. The average Bonchev–Trinajstić information content (AvgIpc) is 3.21. The minimum Gasteiger partial charge on any atom is -0.459 e. The fraction of sp³-hybridized carbons (Fsp3) is 0.111. The Morgan fingerprint density at radius 2 is 1.83 bits per heavy atom. The zero-order valence-electron chi connectivity index (χ0n) is 13.3. The van der Waals surface area contributed by atoms with Gasteiger partial charge in [-0.15, -0.1) is 11.3 Å². The van der Waals surface area contributed by atoms with E-state index in [9.17, 15) is 9.59 Å². The number of amides is 2. The van der Waals surface area contributed by atoms with Crippen LogP contribution in [0.25, 0.3) is 0 Å². The molecule has 2 amide bonds. The Bertz CT molecular complexity index is 882. The molecular weight excluding hydrogens is 324 g/mol. The standard InChI is InChI=1S/C18H16N2O3S/c1-11-7-9-24-16(11)18(22)19-13-5-6-14(12(2)10-13)20-17(21)15-4-3-8-23-15/h3-10H,1-2H3,(H,19,22)(H,20,21). The molecule has 0 saturated heterocycles. The fourth-order valence-corrected chi connectivity index (χ4v) is 3.09. The summed E-state index contributed by atoms with van der Waals surface area (Å²) in [6, 6.07) is 10.5. The van der Waals surface area contributed by atoms with Gasteiger partial charge in [0.25, 0.3) is 11.8 Å². The molecule has 122 valence electrons. The average molecular weight is 340 g/mol. The third-order valence-electron chi connectivity index (χ3n) is 3.55. The SMILES string of the molecule is Cc1cc(NC(=O)c2sccc2C)ccc1NC(=O)c1ccco1. The minimum atomic E-state index is -0.311. The molecule has 2 N–H and O–H groups in total. The molecular formula is C18H16N2O3S. The molecule has 3 rings (SSSR count). The van der Waals surface area contributed by atoms with Gasteiger partial charge in [-0.25, -0.2) is 0 Å². The molecule has 0 atom stereocenters. The van der Waals surface area contributed by atoms with E-state index in [4.69, 9.17) is 4.42 Å². The van der Waals surface area contributed by atoms with Crippen molar-refractivity contribution in [1.29, 1.82) is 0 Å². The number of carbonyl (C=O) groups excluding carboxylic acids is 2. The minimum absolute atomic E-state index is 0.130. The second-order valence-corrected chi connectivity index (χ2v) is 6.26. The first-order chi connectivity index (χ1) is 11.5. The number of benzene rings is 1. The zero-order valence-corrected chi connectivity index (χ0v) is 14.1. The second-order valence-electron chi connectivity index (χ2n) is 5.35. The number of thiophene rings is 1. The van der Waals surface area contributed by atoms with E-state index in [0.29, 0.717) is 16.3 Å². The van der Waals surface area contributed by atoms with E-state index in [1.807, 2.05) is 31.4 Å². The van der Waals surface area contributed by atoms with Crippen molar-refractivity contribution in [2.75, 3.05) is 10.6 Å². The highest BCUT2D eigenvalue weighted by atomic mass is 32.1. The predicted molar refractivity (Wildman–Crippen MR) is 94.8 cm³/mol. The Kier molecular flexibility index (Phi) is 4.48. The van der Waals surface area contributed by atoms with Gasteiger partial charge in [0.2, 0.25) is 0 Å². The molecule has 1 aromatic carbocycles. The molecule has 6 heteroatoms. The summed E-state index contributed by atoms with van der Waals surface area (Å²) >= 11 is 1.41. The molecule has 0 fully saturated rings. The zero-order chi connectivity index (χ0) is 17.1. The summed E-state index contributed by atoms with van der Waals surface area (Å²) in [5.74, 6) is -0.191. The lowest BCUT2D eigenvalue weighted by Crippen LogP contribution is -2.13. The van der Waals surface area contributed by atoms with Crippen molar-refractivity contribution < 1.29 is 14.0 Å². The van der Waals surface area contributed by atoms with E-state index in [0.717, 1.165) is 11.1 Å². The second kappa shape index (κ2) is 6.72. The molecule has 0 spiro atoms. The fourth-order valence-electron chi connectivity index (χ4n) is 2.27. The Balaban J connectivity index is 1.72. The third kappa shape index (κ3) is 3.38. The predicted octanol–water partition coefficient (Wildman–Crippen LogP) is 4.46. The molecule has 0 aliphatic rings. The van der Waals surface area contributed by atoms with Gasteiger partial charge in [0.1, 0.15) is 0 Å². The number of aryl methyl sites for hydroxylation is 2. The first kappa shape index (κ1) is 16.0. The van der Waals surface area contributed by atoms with E-state index < -0.39 is 0 Å². The van der Waals surface area contributed by atoms with E-state index >= 15 is 0 Å². The Morgan fingerprint density at radius 1 is 1.00 bits per heavy atom. The van der Waals surface area contributed by atoms with E-state index in [2.05, 4.69) is 10.6 Å². The number of hydrogen-bond acceptors (Lipinski definition) is 4. The van der Waals surface area contributed by atoms with Gasteiger partial charge in [0.05, 0.1) is 11.1 Å². The van der Waals surface area contributed by atoms with Crippen LogP contribution in [0.2, 0.25) is 0 Å². The maximum absolute atomic E-state index is 12.2. The van der Waals surface area contributed by atoms with Crippen LogP contribution in [-0.4, -0.2) is 11.8 Å². The number of hydrogen-bond donors (Lipinski definition) is 2. The molecule has 5 nitrogen and oxygen atoms in total. The molecule has 0 radical (unpaired) electrons. The van der Waals surface area contributed by atoms with E-state index in [-0.39, 0.29) is 17.6 Å². The highest BCUT2D eigenvalue weighted by Gasteiger charge is 2.13. The van der Waals surface area contributed by atoms with Crippen LogP contribution in [0.3, 0.4) is 0 Å². The lowest BCUT2D eigenvalue weighted by Gasteiger charge is -2.10. The topological polar surface area (TPSA) is 71.3 Å². The van der Waals surface area contributed by atoms with Crippen LogP contribution in [0.15, 0.2) is 52.5 Å². The van der Waals surface area contributed by atoms with Gasteiger partial charge in [-0.05, 0) is 66.8 Å². The number of furan rings is 1. The normalized spacial score (nSPS) is 10.4. The summed E-state index contributed by atoms with van der Waals surface area (Å²) < 4.78 is 5.07. The highest BCUT2D eigenvalue weighted by Crippen LogP contribution is 2.22. The van der Waals surface area contributed by atoms with Crippen LogP contribution >= 0.6 is 11.3 Å². The Morgan fingerprint density at radius 3 is 2.46 bits per heavy atom. The lowest BCUT2D eigenvalue weighted by molar-refractivity contribution is 0.0994. The van der Waals surface area contributed by atoms with Crippen molar-refractivity contribution in [2.45, 2.75) is 13.8 Å². The van der Waals surface area contributed by atoms with Crippen molar-refractivity contribution in [2.24, 2.45) is 0 Å². The van der Waals surface area contributed by atoms with Crippen LogP contribution in [-0.2, 0) is 0 Å². The van der Waals surface area contributed by atoms with Gasteiger partial charge in [-0.2, -0.15) is 0 Å². The molecule has 3 aromatic rings. The maximum Gasteiger partial charge on any atom is 0.291 e. The van der Waals surface area contributed by atoms with Crippen LogP contribution in [0.5, 0.6) is 0 Å². The van der Waals surface area contributed by atoms with E-state index in [1.54, 1.807) is 24.3 Å². The number of nitrogens with one attached hydrogen (secondary N) is 2. The third-order valence-corrected chi connectivity index (χ3v) is 4.56. The first-order valence-electron chi connectivity index (χ1n) is 7.35. The Hall–Kier alpha value is -2.86. The molecule has 2 heterocycles.